The van der Waals surface area contributed by atoms with E-state index in [1.807, 2.05) is 37.4 Å². The summed E-state index contributed by atoms with van der Waals surface area (Å²) < 4.78 is 11.2. The molecular weight excluding hydrogens is 246 g/mol. The van der Waals surface area contributed by atoms with Crippen molar-refractivity contribution in [3.05, 3.63) is 30.5 Å². The Morgan fingerprint density at radius 2 is 2.17 bits per heavy atom. The molecule has 0 amide bonds. The molecule has 1 aromatic heterocycles. The van der Waals surface area contributed by atoms with Gasteiger partial charge in [0.2, 0.25) is 5.95 Å². The van der Waals surface area contributed by atoms with Gasteiger partial charge in [-0.1, -0.05) is 25.1 Å². The van der Waals surface area contributed by atoms with Crippen molar-refractivity contribution < 1.29 is 4.21 Å². The van der Waals surface area contributed by atoms with Gasteiger partial charge in [-0.3, -0.25) is 4.21 Å². The Kier molecular flexibility index (Phi) is 4.25. The van der Waals surface area contributed by atoms with E-state index in [-0.39, 0.29) is 5.25 Å². The summed E-state index contributed by atoms with van der Waals surface area (Å²) in [6.45, 7) is 2.72. The molecule has 0 bridgehead atoms. The van der Waals surface area contributed by atoms with E-state index in [0.29, 0.717) is 5.95 Å². The standard InChI is InChI=1S/C13H17N3OS/c1-10(18(2)17)7-8-14-13-15-9-11-5-3-4-6-12(11)16-13/h3-6,9-10H,7-8H2,1-2H3,(H,14,15,16). The number of rotatable bonds is 5. The molecule has 0 radical (unpaired) electrons. The second kappa shape index (κ2) is 5.91. The molecule has 2 aromatic rings. The topological polar surface area (TPSA) is 54.9 Å². The Morgan fingerprint density at radius 3 is 2.94 bits per heavy atom. The van der Waals surface area contributed by atoms with Gasteiger partial charge in [0.25, 0.3) is 0 Å². The van der Waals surface area contributed by atoms with Gasteiger partial charge in [0.05, 0.1) is 5.52 Å². The predicted octanol–water partition coefficient (Wildman–Crippen LogP) is 2.20. The van der Waals surface area contributed by atoms with Crippen LogP contribution in [0, 0.1) is 0 Å². The van der Waals surface area contributed by atoms with Crippen molar-refractivity contribution in [1.29, 1.82) is 0 Å². The Bertz CT molecular complexity index is 559. The summed E-state index contributed by atoms with van der Waals surface area (Å²) in [7, 11) is -0.771. The SMILES string of the molecule is CC(CCNc1ncc2ccccc2n1)S(C)=O. The molecule has 4 nitrogen and oxygen atoms in total. The molecule has 18 heavy (non-hydrogen) atoms. The van der Waals surface area contributed by atoms with Crippen molar-refractivity contribution in [3.63, 3.8) is 0 Å². The van der Waals surface area contributed by atoms with Crippen LogP contribution in [-0.4, -0.2) is 32.2 Å². The molecular formula is C13H17N3OS. The second-order valence-electron chi connectivity index (χ2n) is 4.28. The van der Waals surface area contributed by atoms with Crippen LogP contribution < -0.4 is 5.32 Å². The largest absolute Gasteiger partial charge is 0.354 e. The molecule has 0 aliphatic rings. The molecule has 0 fully saturated rings. The van der Waals surface area contributed by atoms with Gasteiger partial charge in [-0.05, 0) is 12.5 Å². The molecule has 2 rings (SSSR count). The van der Waals surface area contributed by atoms with E-state index in [9.17, 15) is 4.21 Å². The molecule has 96 valence electrons. The van der Waals surface area contributed by atoms with E-state index in [1.165, 1.54) is 0 Å². The normalized spacial score (nSPS) is 14.3. The van der Waals surface area contributed by atoms with Crippen LogP contribution in [0.15, 0.2) is 30.5 Å². The molecule has 0 saturated heterocycles. The number of nitrogens with one attached hydrogen (secondary N) is 1. The highest BCUT2D eigenvalue weighted by Gasteiger charge is 2.06. The van der Waals surface area contributed by atoms with Crippen molar-refractivity contribution >= 4 is 27.7 Å². The van der Waals surface area contributed by atoms with Crippen molar-refractivity contribution in [2.75, 3.05) is 18.1 Å². The highest BCUT2D eigenvalue weighted by Crippen LogP contribution is 2.11. The van der Waals surface area contributed by atoms with E-state index >= 15 is 0 Å². The number of hydrogen-bond acceptors (Lipinski definition) is 4. The fraction of sp³-hybridized carbons (Fsp3) is 0.385. The van der Waals surface area contributed by atoms with E-state index in [1.54, 1.807) is 6.26 Å². The average molecular weight is 263 g/mol. The van der Waals surface area contributed by atoms with E-state index in [0.717, 1.165) is 23.9 Å². The zero-order valence-corrected chi connectivity index (χ0v) is 11.4. The van der Waals surface area contributed by atoms with Crippen molar-refractivity contribution in [2.45, 2.75) is 18.6 Å². The molecule has 0 spiro atoms. The average Bonchev–Trinajstić information content (AvgIpc) is 2.38. The fourth-order valence-corrected chi connectivity index (χ4v) is 2.06. The summed E-state index contributed by atoms with van der Waals surface area (Å²) in [5.41, 5.74) is 0.933. The maximum absolute atomic E-state index is 11.2. The van der Waals surface area contributed by atoms with Crippen LogP contribution in [0.2, 0.25) is 0 Å². The van der Waals surface area contributed by atoms with Gasteiger partial charge in [-0.15, -0.1) is 0 Å². The highest BCUT2D eigenvalue weighted by atomic mass is 32.2. The van der Waals surface area contributed by atoms with Gasteiger partial charge in [-0.2, -0.15) is 0 Å². The smallest absolute Gasteiger partial charge is 0.223 e. The molecule has 0 aliphatic carbocycles. The zero-order valence-electron chi connectivity index (χ0n) is 10.6. The number of anilines is 1. The lowest BCUT2D eigenvalue weighted by molar-refractivity contribution is 0.672. The van der Waals surface area contributed by atoms with Crippen molar-refractivity contribution in [2.24, 2.45) is 0 Å². The van der Waals surface area contributed by atoms with Crippen molar-refractivity contribution in [3.8, 4) is 0 Å². The summed E-state index contributed by atoms with van der Waals surface area (Å²) >= 11 is 0. The summed E-state index contributed by atoms with van der Waals surface area (Å²) in [4.78, 5) is 8.67. The second-order valence-corrected chi connectivity index (χ2v) is 6.08. The first-order chi connectivity index (χ1) is 8.66. The molecule has 2 atom stereocenters. The lowest BCUT2D eigenvalue weighted by Crippen LogP contribution is -2.15. The number of aromatic nitrogens is 2. The van der Waals surface area contributed by atoms with Crippen LogP contribution in [-0.2, 0) is 10.8 Å². The molecule has 1 N–H and O–H groups in total. The van der Waals surface area contributed by atoms with Crippen LogP contribution in [0.4, 0.5) is 5.95 Å². The minimum Gasteiger partial charge on any atom is -0.354 e. The number of para-hydroxylation sites is 1. The third-order valence-electron chi connectivity index (χ3n) is 2.89. The third kappa shape index (κ3) is 3.26. The molecule has 1 aromatic carbocycles. The highest BCUT2D eigenvalue weighted by molar-refractivity contribution is 7.84. The lowest BCUT2D eigenvalue weighted by atomic mass is 10.2. The van der Waals surface area contributed by atoms with Gasteiger partial charge >= 0.3 is 0 Å². The van der Waals surface area contributed by atoms with Crippen LogP contribution in [0.3, 0.4) is 0 Å². The maximum Gasteiger partial charge on any atom is 0.223 e. The summed E-state index contributed by atoms with van der Waals surface area (Å²) in [5.74, 6) is 0.628. The summed E-state index contributed by atoms with van der Waals surface area (Å²) in [6, 6.07) is 7.88. The first-order valence-electron chi connectivity index (χ1n) is 5.94. The molecule has 1 heterocycles. The van der Waals surface area contributed by atoms with Crippen LogP contribution in [0.25, 0.3) is 10.9 Å². The Balaban J connectivity index is 1.98. The van der Waals surface area contributed by atoms with E-state index in [4.69, 9.17) is 0 Å². The lowest BCUT2D eigenvalue weighted by Gasteiger charge is -2.09. The molecule has 2 unspecified atom stereocenters. The van der Waals surface area contributed by atoms with E-state index < -0.39 is 10.8 Å². The number of nitrogens with zero attached hydrogens (tertiary/aromatic N) is 2. The monoisotopic (exact) mass is 263 g/mol. The first kappa shape index (κ1) is 13.0. The van der Waals surface area contributed by atoms with Crippen molar-refractivity contribution in [1.82, 2.24) is 9.97 Å². The Morgan fingerprint density at radius 1 is 1.39 bits per heavy atom. The minimum atomic E-state index is -0.771. The zero-order chi connectivity index (χ0) is 13.0. The Hall–Kier alpha value is -1.49. The van der Waals surface area contributed by atoms with Crippen LogP contribution >= 0.6 is 0 Å². The van der Waals surface area contributed by atoms with Gasteiger partial charge < -0.3 is 5.32 Å². The molecule has 0 aliphatic heterocycles. The van der Waals surface area contributed by atoms with Crippen LogP contribution in [0.1, 0.15) is 13.3 Å². The molecule has 0 saturated carbocycles. The quantitative estimate of drug-likeness (QED) is 0.898. The minimum absolute atomic E-state index is 0.193. The predicted molar refractivity (Wildman–Crippen MR) is 76.2 cm³/mol. The number of fused-ring (bicyclic) bond motifs is 1. The Labute approximate surface area is 109 Å². The van der Waals surface area contributed by atoms with Gasteiger partial charge in [0, 0.05) is 40.4 Å². The first-order valence-corrected chi connectivity index (χ1v) is 7.57. The fourth-order valence-electron chi connectivity index (χ4n) is 1.61. The number of benzene rings is 1. The maximum atomic E-state index is 11.2. The van der Waals surface area contributed by atoms with Crippen LogP contribution in [0.5, 0.6) is 0 Å². The summed E-state index contributed by atoms with van der Waals surface area (Å²) in [5, 5.41) is 4.39. The third-order valence-corrected chi connectivity index (χ3v) is 4.26. The van der Waals surface area contributed by atoms with Gasteiger partial charge in [0.1, 0.15) is 0 Å². The van der Waals surface area contributed by atoms with E-state index in [2.05, 4.69) is 15.3 Å². The van der Waals surface area contributed by atoms with Gasteiger partial charge in [0.15, 0.2) is 0 Å². The number of hydrogen-bond donors (Lipinski definition) is 1. The van der Waals surface area contributed by atoms with Gasteiger partial charge in [-0.25, -0.2) is 9.97 Å². The molecule has 5 heteroatoms. The summed E-state index contributed by atoms with van der Waals surface area (Å²) in [6.07, 6.45) is 4.39.